The van der Waals surface area contributed by atoms with E-state index in [1.165, 1.54) is 0 Å². The Balaban J connectivity index is 2.69. The molecule has 2 aromatic heterocycles. The molecule has 0 spiro atoms. The van der Waals surface area contributed by atoms with Crippen molar-refractivity contribution in [1.82, 2.24) is 14.8 Å². The second-order valence-corrected chi connectivity index (χ2v) is 5.46. The molecule has 2 aromatic rings. The third-order valence-electron chi connectivity index (χ3n) is 2.69. The van der Waals surface area contributed by atoms with Crippen molar-refractivity contribution in [3.05, 3.63) is 32.1 Å². The topological polar surface area (TPSA) is 56.7 Å². The lowest BCUT2D eigenvalue weighted by Gasteiger charge is -2.09. The van der Waals surface area contributed by atoms with Crippen LogP contribution in [-0.4, -0.2) is 14.8 Å². The number of pyridine rings is 1. The van der Waals surface area contributed by atoms with Crippen LogP contribution in [0.3, 0.4) is 0 Å². The lowest BCUT2D eigenvalue weighted by Crippen LogP contribution is -2.05. The summed E-state index contributed by atoms with van der Waals surface area (Å²) in [6, 6.07) is 0. The first-order valence-electron chi connectivity index (χ1n) is 5.06. The molecule has 0 fully saturated rings. The van der Waals surface area contributed by atoms with Gasteiger partial charge >= 0.3 is 0 Å². The highest BCUT2D eigenvalue weighted by molar-refractivity contribution is 9.11. The highest BCUT2D eigenvalue weighted by Gasteiger charge is 2.15. The molecule has 0 saturated heterocycles. The van der Waals surface area contributed by atoms with Crippen LogP contribution in [-0.2, 0) is 0 Å². The Labute approximate surface area is 116 Å². The first-order valence-corrected chi connectivity index (χ1v) is 6.64. The Morgan fingerprint density at radius 1 is 1.18 bits per heavy atom. The molecule has 0 radical (unpaired) electrons. The minimum Gasteiger partial charge on any atom is -0.397 e. The summed E-state index contributed by atoms with van der Waals surface area (Å²) in [6.45, 7) is 5.89. The van der Waals surface area contributed by atoms with Crippen LogP contribution in [0.1, 0.15) is 17.0 Å². The van der Waals surface area contributed by atoms with Gasteiger partial charge in [0.05, 0.1) is 32.2 Å². The highest BCUT2D eigenvalue weighted by Crippen LogP contribution is 2.29. The molecule has 17 heavy (non-hydrogen) atoms. The van der Waals surface area contributed by atoms with Crippen LogP contribution in [0.4, 0.5) is 5.69 Å². The smallest absolute Gasteiger partial charge is 0.168 e. The number of aromatic nitrogens is 3. The Bertz CT molecular complexity index is 590. The lowest BCUT2D eigenvalue weighted by atomic mass is 10.2. The first kappa shape index (κ1) is 12.6. The largest absolute Gasteiger partial charge is 0.397 e. The lowest BCUT2D eigenvalue weighted by molar-refractivity contribution is 0.800. The number of nitrogens with two attached hydrogens (primary N) is 1. The molecule has 0 atom stereocenters. The average Bonchev–Trinajstić information content (AvgIpc) is 2.54. The molecule has 0 aliphatic carbocycles. The number of aryl methyl sites for hydroxylation is 1. The Hall–Kier alpha value is -0.880. The predicted octanol–water partition coefficient (Wildman–Crippen LogP) is 3.30. The fourth-order valence-corrected chi connectivity index (χ4v) is 2.30. The van der Waals surface area contributed by atoms with Gasteiger partial charge in [0.1, 0.15) is 0 Å². The SMILES string of the molecule is Cc1nn(-c2ncc(N)c(C)c2Br)c(C)c1Br. The van der Waals surface area contributed by atoms with Gasteiger partial charge in [-0.15, -0.1) is 0 Å². The molecule has 0 unspecified atom stereocenters. The molecule has 6 heteroatoms. The van der Waals surface area contributed by atoms with Gasteiger partial charge in [0.15, 0.2) is 5.82 Å². The molecule has 2 heterocycles. The van der Waals surface area contributed by atoms with Crippen molar-refractivity contribution in [1.29, 1.82) is 0 Å². The zero-order valence-corrected chi connectivity index (χ0v) is 12.9. The molecule has 0 saturated carbocycles. The van der Waals surface area contributed by atoms with Crippen molar-refractivity contribution in [3.8, 4) is 5.82 Å². The number of halogens is 2. The standard InChI is InChI=1S/C11H12Br2N4/c1-5-8(14)4-15-11(9(5)12)17-7(3)10(13)6(2)16-17/h4H,14H2,1-3H3. The van der Waals surface area contributed by atoms with Crippen molar-refractivity contribution in [2.75, 3.05) is 5.73 Å². The van der Waals surface area contributed by atoms with Crippen LogP contribution in [0.2, 0.25) is 0 Å². The number of rotatable bonds is 1. The van der Waals surface area contributed by atoms with Crippen LogP contribution in [0.25, 0.3) is 5.82 Å². The summed E-state index contributed by atoms with van der Waals surface area (Å²) in [6.07, 6.45) is 1.65. The second kappa shape index (κ2) is 4.42. The van der Waals surface area contributed by atoms with Gasteiger partial charge in [-0.3, -0.25) is 0 Å². The Morgan fingerprint density at radius 2 is 1.82 bits per heavy atom. The normalized spacial score (nSPS) is 10.9. The molecule has 0 aliphatic rings. The van der Waals surface area contributed by atoms with E-state index in [-0.39, 0.29) is 0 Å². The predicted molar refractivity (Wildman–Crippen MR) is 75.4 cm³/mol. The minimum absolute atomic E-state index is 0.668. The minimum atomic E-state index is 0.668. The van der Waals surface area contributed by atoms with Gasteiger partial charge in [0, 0.05) is 0 Å². The number of anilines is 1. The maximum Gasteiger partial charge on any atom is 0.168 e. The third-order valence-corrected chi connectivity index (χ3v) is 4.79. The van der Waals surface area contributed by atoms with E-state index in [0.717, 1.165) is 31.7 Å². The second-order valence-electron chi connectivity index (χ2n) is 3.87. The van der Waals surface area contributed by atoms with E-state index in [2.05, 4.69) is 41.9 Å². The molecular weight excluding hydrogens is 348 g/mol. The van der Waals surface area contributed by atoms with Crippen LogP contribution >= 0.6 is 31.9 Å². The van der Waals surface area contributed by atoms with E-state index in [4.69, 9.17) is 5.73 Å². The van der Waals surface area contributed by atoms with Crippen molar-refractivity contribution < 1.29 is 0 Å². The van der Waals surface area contributed by atoms with E-state index in [0.29, 0.717) is 5.69 Å². The van der Waals surface area contributed by atoms with E-state index in [1.807, 2.05) is 20.8 Å². The van der Waals surface area contributed by atoms with E-state index in [1.54, 1.807) is 10.9 Å². The maximum atomic E-state index is 5.81. The average molecular weight is 360 g/mol. The summed E-state index contributed by atoms with van der Waals surface area (Å²) in [5.41, 5.74) is 9.40. The summed E-state index contributed by atoms with van der Waals surface area (Å²) in [4.78, 5) is 4.33. The number of nitrogen functional groups attached to an aromatic ring is 1. The van der Waals surface area contributed by atoms with Crippen molar-refractivity contribution in [2.24, 2.45) is 0 Å². The summed E-state index contributed by atoms with van der Waals surface area (Å²) in [5, 5.41) is 4.45. The fourth-order valence-electron chi connectivity index (χ4n) is 1.56. The summed E-state index contributed by atoms with van der Waals surface area (Å²) in [5.74, 6) is 0.753. The van der Waals surface area contributed by atoms with E-state index in [9.17, 15) is 0 Å². The van der Waals surface area contributed by atoms with Gasteiger partial charge in [0.25, 0.3) is 0 Å². The van der Waals surface area contributed by atoms with Gasteiger partial charge in [-0.25, -0.2) is 9.67 Å². The van der Waals surface area contributed by atoms with Crippen LogP contribution < -0.4 is 5.73 Å². The van der Waals surface area contributed by atoms with Crippen LogP contribution in [0.5, 0.6) is 0 Å². The summed E-state index contributed by atoms with van der Waals surface area (Å²) >= 11 is 7.02. The van der Waals surface area contributed by atoms with Crippen molar-refractivity contribution in [2.45, 2.75) is 20.8 Å². The highest BCUT2D eigenvalue weighted by atomic mass is 79.9. The fraction of sp³-hybridized carbons (Fsp3) is 0.273. The summed E-state index contributed by atoms with van der Waals surface area (Å²) < 4.78 is 3.67. The zero-order chi connectivity index (χ0) is 12.7. The zero-order valence-electron chi connectivity index (χ0n) is 9.75. The summed E-state index contributed by atoms with van der Waals surface area (Å²) in [7, 11) is 0. The monoisotopic (exact) mass is 358 g/mol. The van der Waals surface area contributed by atoms with Gasteiger partial charge in [-0.1, -0.05) is 0 Å². The Kier molecular flexibility index (Phi) is 3.27. The number of hydrogen-bond donors (Lipinski definition) is 1. The van der Waals surface area contributed by atoms with E-state index < -0.39 is 0 Å². The van der Waals surface area contributed by atoms with Gasteiger partial charge in [-0.05, 0) is 58.2 Å². The third kappa shape index (κ3) is 1.99. The van der Waals surface area contributed by atoms with Crippen molar-refractivity contribution >= 4 is 37.5 Å². The molecule has 90 valence electrons. The first-order chi connectivity index (χ1) is 7.93. The molecule has 0 aliphatic heterocycles. The van der Waals surface area contributed by atoms with E-state index >= 15 is 0 Å². The molecule has 0 bridgehead atoms. The molecular formula is C11H12Br2N4. The van der Waals surface area contributed by atoms with Gasteiger partial charge < -0.3 is 5.73 Å². The Morgan fingerprint density at radius 3 is 2.35 bits per heavy atom. The molecule has 0 aromatic carbocycles. The molecule has 0 amide bonds. The molecule has 2 N–H and O–H groups in total. The number of nitrogens with zero attached hydrogens (tertiary/aromatic N) is 3. The van der Waals surface area contributed by atoms with Crippen LogP contribution in [0, 0.1) is 20.8 Å². The maximum absolute atomic E-state index is 5.81. The van der Waals surface area contributed by atoms with Gasteiger partial charge in [0.2, 0.25) is 0 Å². The van der Waals surface area contributed by atoms with Crippen molar-refractivity contribution in [3.63, 3.8) is 0 Å². The molecule has 4 nitrogen and oxygen atoms in total. The molecule has 2 rings (SSSR count). The van der Waals surface area contributed by atoms with Gasteiger partial charge in [-0.2, -0.15) is 5.10 Å². The quantitative estimate of drug-likeness (QED) is 0.849. The number of hydrogen-bond acceptors (Lipinski definition) is 3. The van der Waals surface area contributed by atoms with Crippen LogP contribution in [0.15, 0.2) is 15.1 Å².